The smallest absolute Gasteiger partial charge is 0.409 e. The maximum Gasteiger partial charge on any atom is 0.409 e. The monoisotopic (exact) mass is 448 g/mol. The van der Waals surface area contributed by atoms with Gasteiger partial charge < -0.3 is 26.0 Å². The number of ether oxygens (including phenoxy) is 1. The third kappa shape index (κ3) is 5.94. The lowest BCUT2D eigenvalue weighted by atomic mass is 10.2. The van der Waals surface area contributed by atoms with Crippen molar-refractivity contribution in [3.63, 3.8) is 0 Å². The summed E-state index contributed by atoms with van der Waals surface area (Å²) in [6.45, 7) is 3.22. The van der Waals surface area contributed by atoms with Gasteiger partial charge in [-0.25, -0.2) is 14.0 Å². The van der Waals surface area contributed by atoms with Crippen molar-refractivity contribution in [1.29, 1.82) is 0 Å². The summed E-state index contributed by atoms with van der Waals surface area (Å²) in [5.74, 6) is -0.805. The van der Waals surface area contributed by atoms with Crippen LogP contribution in [-0.4, -0.2) is 48.7 Å². The van der Waals surface area contributed by atoms with Crippen molar-refractivity contribution in [2.24, 2.45) is 5.73 Å². The SMILES string of the molecule is CCCCOC(=O)N1CC[C@H](NC(=O)c2sc(-c3cccc(F)c3)cc2NC(N)=O)C1. The lowest BCUT2D eigenvalue weighted by molar-refractivity contribution is 0.0931. The number of primary amides is 1. The van der Waals surface area contributed by atoms with Gasteiger partial charge in [0.05, 0.1) is 12.3 Å². The molecule has 4 N–H and O–H groups in total. The average Bonchev–Trinajstić information content (AvgIpc) is 3.35. The van der Waals surface area contributed by atoms with Crippen LogP contribution >= 0.6 is 11.3 Å². The lowest BCUT2D eigenvalue weighted by Gasteiger charge is -2.17. The first kappa shape index (κ1) is 22.5. The van der Waals surface area contributed by atoms with Gasteiger partial charge in [-0.05, 0) is 36.6 Å². The number of halogens is 1. The number of urea groups is 1. The minimum Gasteiger partial charge on any atom is -0.449 e. The Balaban J connectivity index is 1.69. The van der Waals surface area contributed by atoms with E-state index in [-0.39, 0.29) is 22.7 Å². The number of benzene rings is 1. The van der Waals surface area contributed by atoms with Crippen LogP contribution in [0, 0.1) is 5.82 Å². The number of likely N-dealkylation sites (tertiary alicyclic amines) is 1. The van der Waals surface area contributed by atoms with Crippen molar-refractivity contribution in [2.45, 2.75) is 32.2 Å². The van der Waals surface area contributed by atoms with Crippen LogP contribution in [0.25, 0.3) is 10.4 Å². The first-order valence-corrected chi connectivity index (χ1v) is 10.9. The van der Waals surface area contributed by atoms with Crippen LogP contribution in [-0.2, 0) is 4.74 Å². The molecule has 4 amide bonds. The van der Waals surface area contributed by atoms with E-state index in [1.165, 1.54) is 12.1 Å². The minimum atomic E-state index is -0.806. The number of hydrogen-bond donors (Lipinski definition) is 3. The summed E-state index contributed by atoms with van der Waals surface area (Å²) >= 11 is 1.12. The summed E-state index contributed by atoms with van der Waals surface area (Å²) < 4.78 is 18.8. The average molecular weight is 449 g/mol. The molecule has 3 rings (SSSR count). The number of hydrogen-bond acceptors (Lipinski definition) is 5. The van der Waals surface area contributed by atoms with Gasteiger partial charge in [0.15, 0.2) is 0 Å². The fraction of sp³-hybridized carbons (Fsp3) is 0.381. The Labute approximate surface area is 183 Å². The standard InChI is InChI=1S/C21H25FN4O4S/c1-2-3-9-30-21(29)26-8-7-15(12-26)24-19(27)18-16(25-20(23)28)11-17(31-18)13-5-4-6-14(22)10-13/h4-6,10-11,15H,2-3,7-9,12H2,1H3,(H,24,27)(H3,23,25,28)/t15-/m0/s1. The highest BCUT2D eigenvalue weighted by molar-refractivity contribution is 7.18. The minimum absolute atomic E-state index is 0.243. The third-order valence-electron chi connectivity index (χ3n) is 4.81. The van der Waals surface area contributed by atoms with Crippen LogP contribution in [0.1, 0.15) is 35.9 Å². The molecular weight excluding hydrogens is 423 g/mol. The first-order chi connectivity index (χ1) is 14.9. The third-order valence-corrected chi connectivity index (χ3v) is 5.99. The normalized spacial score (nSPS) is 15.5. The highest BCUT2D eigenvalue weighted by atomic mass is 32.1. The molecule has 0 unspecified atom stereocenters. The second-order valence-electron chi connectivity index (χ2n) is 7.23. The Morgan fingerprint density at radius 1 is 1.32 bits per heavy atom. The van der Waals surface area contributed by atoms with Crippen molar-refractivity contribution in [3.8, 4) is 10.4 Å². The van der Waals surface area contributed by atoms with Crippen molar-refractivity contribution in [1.82, 2.24) is 10.2 Å². The fourth-order valence-electron chi connectivity index (χ4n) is 3.26. The summed E-state index contributed by atoms with van der Waals surface area (Å²) in [4.78, 5) is 38.8. The molecule has 1 aromatic carbocycles. The maximum atomic E-state index is 13.6. The van der Waals surface area contributed by atoms with Crippen molar-refractivity contribution < 1.29 is 23.5 Å². The second-order valence-corrected chi connectivity index (χ2v) is 8.28. The molecule has 8 nitrogen and oxygen atoms in total. The van der Waals surface area contributed by atoms with Gasteiger partial charge in [0.1, 0.15) is 10.7 Å². The van der Waals surface area contributed by atoms with Crippen LogP contribution in [0.5, 0.6) is 0 Å². The zero-order valence-corrected chi connectivity index (χ0v) is 18.0. The van der Waals surface area contributed by atoms with Gasteiger partial charge in [0.25, 0.3) is 5.91 Å². The zero-order chi connectivity index (χ0) is 22.4. The van der Waals surface area contributed by atoms with Crippen molar-refractivity contribution in [3.05, 3.63) is 41.0 Å². The highest BCUT2D eigenvalue weighted by Gasteiger charge is 2.29. The number of nitrogens with one attached hydrogen (secondary N) is 2. The Bertz CT molecular complexity index is 965. The van der Waals surface area contributed by atoms with Gasteiger partial charge >= 0.3 is 12.1 Å². The highest BCUT2D eigenvalue weighted by Crippen LogP contribution is 2.35. The summed E-state index contributed by atoms with van der Waals surface area (Å²) in [7, 11) is 0. The molecule has 0 radical (unpaired) electrons. The number of amides is 4. The molecule has 2 heterocycles. The van der Waals surface area contributed by atoms with E-state index in [0.29, 0.717) is 36.6 Å². The van der Waals surface area contributed by atoms with Crippen LogP contribution in [0.15, 0.2) is 30.3 Å². The van der Waals surface area contributed by atoms with Crippen molar-refractivity contribution in [2.75, 3.05) is 25.0 Å². The summed E-state index contributed by atoms with van der Waals surface area (Å²) in [6, 6.07) is 6.49. The van der Waals surface area contributed by atoms with E-state index in [2.05, 4.69) is 10.6 Å². The zero-order valence-electron chi connectivity index (χ0n) is 17.2. The molecule has 0 bridgehead atoms. The number of nitrogens with zero attached hydrogens (tertiary/aromatic N) is 1. The van der Waals surface area contributed by atoms with Gasteiger partial charge in [0.2, 0.25) is 0 Å². The van der Waals surface area contributed by atoms with Gasteiger partial charge in [-0.2, -0.15) is 0 Å². The molecule has 31 heavy (non-hydrogen) atoms. The van der Waals surface area contributed by atoms with Crippen LogP contribution in [0.2, 0.25) is 0 Å². The number of thiophene rings is 1. The topological polar surface area (TPSA) is 114 Å². The predicted octanol–water partition coefficient (Wildman–Crippen LogP) is 3.79. The molecule has 1 aliphatic rings. The van der Waals surface area contributed by atoms with Gasteiger partial charge in [0, 0.05) is 24.0 Å². The van der Waals surface area contributed by atoms with E-state index in [0.717, 1.165) is 24.2 Å². The number of rotatable bonds is 7. The number of carbonyl (C=O) groups excluding carboxylic acids is 3. The molecule has 1 atom stereocenters. The lowest BCUT2D eigenvalue weighted by Crippen LogP contribution is -2.38. The Kier molecular flexibility index (Phi) is 7.45. The predicted molar refractivity (Wildman–Crippen MR) is 117 cm³/mol. The van der Waals surface area contributed by atoms with Crippen LogP contribution in [0.3, 0.4) is 0 Å². The Morgan fingerprint density at radius 3 is 2.84 bits per heavy atom. The quantitative estimate of drug-likeness (QED) is 0.559. The van der Waals surface area contributed by atoms with E-state index < -0.39 is 17.8 Å². The first-order valence-electron chi connectivity index (χ1n) is 10.1. The fourth-order valence-corrected chi connectivity index (χ4v) is 4.27. The van der Waals surface area contributed by atoms with Gasteiger partial charge in [-0.3, -0.25) is 4.79 Å². The summed E-state index contributed by atoms with van der Waals surface area (Å²) in [5, 5.41) is 5.34. The van der Waals surface area contributed by atoms with E-state index in [4.69, 9.17) is 10.5 Å². The Morgan fingerprint density at radius 2 is 2.13 bits per heavy atom. The Hall–Kier alpha value is -3.14. The van der Waals surface area contributed by atoms with E-state index in [1.54, 1.807) is 23.1 Å². The summed E-state index contributed by atoms with van der Waals surface area (Å²) in [6.07, 6.45) is 1.95. The molecular formula is C21H25FN4O4S. The van der Waals surface area contributed by atoms with E-state index in [9.17, 15) is 18.8 Å². The van der Waals surface area contributed by atoms with E-state index >= 15 is 0 Å². The number of carbonyl (C=O) groups is 3. The molecule has 0 spiro atoms. The van der Waals surface area contributed by atoms with Gasteiger partial charge in [-0.15, -0.1) is 11.3 Å². The number of nitrogens with two attached hydrogens (primary N) is 1. The molecule has 2 aromatic rings. The van der Waals surface area contributed by atoms with Gasteiger partial charge in [-0.1, -0.05) is 25.5 Å². The largest absolute Gasteiger partial charge is 0.449 e. The number of anilines is 1. The molecule has 0 saturated carbocycles. The summed E-state index contributed by atoms with van der Waals surface area (Å²) in [5.41, 5.74) is 6.07. The van der Waals surface area contributed by atoms with Crippen LogP contribution < -0.4 is 16.4 Å². The molecule has 166 valence electrons. The molecule has 10 heteroatoms. The molecule has 1 fully saturated rings. The van der Waals surface area contributed by atoms with E-state index in [1.807, 2.05) is 6.92 Å². The molecule has 1 aromatic heterocycles. The second kappa shape index (κ2) is 10.3. The maximum absolute atomic E-state index is 13.6. The molecule has 0 aliphatic carbocycles. The van der Waals surface area contributed by atoms with Crippen LogP contribution in [0.4, 0.5) is 19.7 Å². The number of unbranched alkanes of at least 4 members (excludes halogenated alkanes) is 1. The van der Waals surface area contributed by atoms with Crippen molar-refractivity contribution >= 4 is 35.1 Å². The molecule has 1 aliphatic heterocycles. The molecule has 1 saturated heterocycles.